The average Bonchev–Trinajstić information content (AvgIpc) is 2.27. The van der Waals surface area contributed by atoms with Gasteiger partial charge in [-0.25, -0.2) is 0 Å². The number of methoxy groups -OCH3 is 1. The molecule has 90 valence electrons. The summed E-state index contributed by atoms with van der Waals surface area (Å²) in [5, 5.41) is 3.38. The Morgan fingerprint density at radius 2 is 2.06 bits per heavy atom. The van der Waals surface area contributed by atoms with E-state index in [1.807, 2.05) is 23.9 Å². The van der Waals surface area contributed by atoms with Crippen LogP contribution in [0.2, 0.25) is 0 Å². The minimum Gasteiger partial charge on any atom is -0.495 e. The molecule has 1 rings (SSSR count). The first-order valence-electron chi connectivity index (χ1n) is 5.03. The highest BCUT2D eigenvalue weighted by Gasteiger charge is 2.06. The van der Waals surface area contributed by atoms with Crippen molar-refractivity contribution < 1.29 is 4.74 Å². The molecule has 0 aliphatic carbocycles. The largest absolute Gasteiger partial charge is 0.495 e. The molecule has 0 heterocycles. The van der Waals surface area contributed by atoms with Crippen LogP contribution in [0.15, 0.2) is 21.1 Å². The molecule has 0 atom stereocenters. The molecule has 16 heavy (non-hydrogen) atoms. The van der Waals surface area contributed by atoms with Gasteiger partial charge >= 0.3 is 0 Å². The van der Waals surface area contributed by atoms with Crippen molar-refractivity contribution in [1.82, 2.24) is 0 Å². The fourth-order valence-corrected chi connectivity index (χ4v) is 3.05. The molecule has 1 N–H and O–H groups in total. The number of hydrogen-bond donors (Lipinski definition) is 1. The molecular weight excluding hydrogens is 354 g/mol. The second-order valence-corrected chi connectivity index (χ2v) is 6.19. The number of rotatable bonds is 6. The smallest absolute Gasteiger partial charge is 0.135 e. The molecule has 1 aromatic carbocycles. The van der Waals surface area contributed by atoms with Gasteiger partial charge in [-0.1, -0.05) is 6.92 Å². The number of halogens is 2. The van der Waals surface area contributed by atoms with E-state index >= 15 is 0 Å². The van der Waals surface area contributed by atoms with Gasteiger partial charge in [-0.2, -0.15) is 11.8 Å². The number of benzene rings is 1. The molecule has 2 nitrogen and oxygen atoms in total. The zero-order valence-corrected chi connectivity index (χ0v) is 13.3. The molecule has 0 saturated heterocycles. The van der Waals surface area contributed by atoms with Crippen molar-refractivity contribution in [2.24, 2.45) is 0 Å². The minimum atomic E-state index is 0.842. The van der Waals surface area contributed by atoms with Gasteiger partial charge in [-0.3, -0.25) is 0 Å². The van der Waals surface area contributed by atoms with E-state index in [-0.39, 0.29) is 0 Å². The molecule has 0 spiro atoms. The van der Waals surface area contributed by atoms with Gasteiger partial charge in [0.05, 0.1) is 17.3 Å². The Labute approximate surface area is 118 Å². The summed E-state index contributed by atoms with van der Waals surface area (Å²) < 4.78 is 7.25. The first-order chi connectivity index (χ1) is 7.69. The lowest BCUT2D eigenvalue weighted by Crippen LogP contribution is -2.05. The van der Waals surface area contributed by atoms with E-state index in [1.54, 1.807) is 7.11 Å². The second-order valence-electron chi connectivity index (χ2n) is 3.09. The maximum atomic E-state index is 5.26. The fourth-order valence-electron chi connectivity index (χ4n) is 1.22. The van der Waals surface area contributed by atoms with Gasteiger partial charge in [0, 0.05) is 22.8 Å². The van der Waals surface area contributed by atoms with Gasteiger partial charge in [0.15, 0.2) is 0 Å². The highest BCUT2D eigenvalue weighted by molar-refractivity contribution is 9.11. The van der Waals surface area contributed by atoms with Gasteiger partial charge in [0.25, 0.3) is 0 Å². The van der Waals surface area contributed by atoms with E-state index in [0.717, 1.165) is 38.4 Å². The third-order valence-electron chi connectivity index (χ3n) is 2.01. The van der Waals surface area contributed by atoms with E-state index in [0.29, 0.717) is 0 Å². The Bertz CT molecular complexity index is 347. The average molecular weight is 369 g/mol. The number of thioether (sulfide) groups is 1. The Balaban J connectivity index is 2.64. The van der Waals surface area contributed by atoms with Crippen LogP contribution in [-0.4, -0.2) is 25.2 Å². The monoisotopic (exact) mass is 367 g/mol. The van der Waals surface area contributed by atoms with Crippen LogP contribution < -0.4 is 10.1 Å². The van der Waals surface area contributed by atoms with Crippen molar-refractivity contribution in [3.8, 4) is 5.75 Å². The third kappa shape index (κ3) is 4.18. The lowest BCUT2D eigenvalue weighted by molar-refractivity contribution is 0.412. The van der Waals surface area contributed by atoms with Gasteiger partial charge in [0.1, 0.15) is 5.75 Å². The van der Waals surface area contributed by atoms with E-state index in [9.17, 15) is 0 Å². The van der Waals surface area contributed by atoms with Gasteiger partial charge in [-0.05, 0) is 43.7 Å². The summed E-state index contributed by atoms with van der Waals surface area (Å²) in [5.74, 6) is 3.11. The maximum Gasteiger partial charge on any atom is 0.135 e. The maximum absolute atomic E-state index is 5.26. The van der Waals surface area contributed by atoms with Crippen LogP contribution in [0.3, 0.4) is 0 Å². The van der Waals surface area contributed by atoms with Crippen molar-refractivity contribution in [3.05, 3.63) is 21.1 Å². The number of hydrogen-bond acceptors (Lipinski definition) is 3. The van der Waals surface area contributed by atoms with Gasteiger partial charge in [-0.15, -0.1) is 0 Å². The minimum absolute atomic E-state index is 0.842. The molecule has 0 unspecified atom stereocenters. The molecular formula is C11H15Br2NOS. The standard InChI is InChI=1S/C11H15Br2NOS/c1-3-16-5-4-14-10-7-11(15-2)9(13)6-8(10)12/h6-7,14H,3-5H2,1-2H3. The number of nitrogens with one attached hydrogen (secondary N) is 1. The van der Waals surface area contributed by atoms with E-state index < -0.39 is 0 Å². The van der Waals surface area contributed by atoms with E-state index in [2.05, 4.69) is 44.1 Å². The molecule has 0 fully saturated rings. The summed E-state index contributed by atoms with van der Waals surface area (Å²) in [6.07, 6.45) is 0. The van der Waals surface area contributed by atoms with Crippen molar-refractivity contribution in [2.45, 2.75) is 6.92 Å². The Kier molecular flexibility index (Phi) is 6.61. The molecule has 0 aliphatic heterocycles. The van der Waals surface area contributed by atoms with Crippen molar-refractivity contribution in [2.75, 3.05) is 30.5 Å². The number of anilines is 1. The second kappa shape index (κ2) is 7.45. The highest BCUT2D eigenvalue weighted by Crippen LogP contribution is 2.34. The predicted octanol–water partition coefficient (Wildman–Crippen LogP) is 4.39. The zero-order valence-electron chi connectivity index (χ0n) is 9.35. The Hall–Kier alpha value is 0.130. The normalized spacial score (nSPS) is 10.2. The molecule has 0 radical (unpaired) electrons. The first kappa shape index (κ1) is 14.2. The summed E-state index contributed by atoms with van der Waals surface area (Å²) in [6.45, 7) is 3.13. The van der Waals surface area contributed by atoms with Crippen molar-refractivity contribution in [1.29, 1.82) is 0 Å². The molecule has 5 heteroatoms. The SMILES string of the molecule is CCSCCNc1cc(OC)c(Br)cc1Br. The molecule has 0 saturated carbocycles. The summed E-state index contributed by atoms with van der Waals surface area (Å²) in [4.78, 5) is 0. The van der Waals surface area contributed by atoms with Crippen LogP contribution in [0.1, 0.15) is 6.92 Å². The Morgan fingerprint density at radius 1 is 1.31 bits per heavy atom. The fraction of sp³-hybridized carbons (Fsp3) is 0.455. The molecule has 0 aliphatic rings. The van der Waals surface area contributed by atoms with Crippen LogP contribution >= 0.6 is 43.6 Å². The molecule has 0 bridgehead atoms. The highest BCUT2D eigenvalue weighted by atomic mass is 79.9. The molecule has 0 aromatic heterocycles. The zero-order chi connectivity index (χ0) is 12.0. The summed E-state index contributed by atoms with van der Waals surface area (Å²) in [7, 11) is 1.67. The quantitative estimate of drug-likeness (QED) is 0.752. The lowest BCUT2D eigenvalue weighted by Gasteiger charge is -2.11. The summed E-state index contributed by atoms with van der Waals surface area (Å²) in [6, 6.07) is 3.99. The van der Waals surface area contributed by atoms with Crippen LogP contribution in [0.4, 0.5) is 5.69 Å². The van der Waals surface area contributed by atoms with Gasteiger partial charge < -0.3 is 10.1 Å². The summed E-state index contributed by atoms with van der Waals surface area (Å²) in [5.41, 5.74) is 1.07. The van der Waals surface area contributed by atoms with Gasteiger partial charge in [0.2, 0.25) is 0 Å². The van der Waals surface area contributed by atoms with Crippen LogP contribution in [0.5, 0.6) is 5.75 Å². The molecule has 1 aromatic rings. The van der Waals surface area contributed by atoms with Crippen LogP contribution in [0, 0.1) is 0 Å². The van der Waals surface area contributed by atoms with Crippen LogP contribution in [-0.2, 0) is 0 Å². The summed E-state index contributed by atoms with van der Waals surface area (Å²) >= 11 is 8.90. The van der Waals surface area contributed by atoms with E-state index in [4.69, 9.17) is 4.74 Å². The molecule has 0 amide bonds. The Morgan fingerprint density at radius 3 is 2.69 bits per heavy atom. The van der Waals surface area contributed by atoms with E-state index in [1.165, 1.54) is 0 Å². The number of ether oxygens (including phenoxy) is 1. The van der Waals surface area contributed by atoms with Crippen LogP contribution in [0.25, 0.3) is 0 Å². The lowest BCUT2D eigenvalue weighted by atomic mass is 10.3. The van der Waals surface area contributed by atoms with Crippen molar-refractivity contribution >= 4 is 49.3 Å². The topological polar surface area (TPSA) is 21.3 Å². The first-order valence-corrected chi connectivity index (χ1v) is 7.77. The predicted molar refractivity (Wildman–Crippen MR) is 79.9 cm³/mol. The third-order valence-corrected chi connectivity index (χ3v) is 4.18. The van der Waals surface area contributed by atoms with Crippen molar-refractivity contribution in [3.63, 3.8) is 0 Å².